The lowest BCUT2D eigenvalue weighted by Gasteiger charge is -2.10. The molecule has 7 heteroatoms. The second kappa shape index (κ2) is 6.94. The first-order chi connectivity index (χ1) is 10.5. The van der Waals surface area contributed by atoms with E-state index < -0.39 is 11.9 Å². The van der Waals surface area contributed by atoms with Crippen LogP contribution >= 0.6 is 23.2 Å². The molecule has 0 aliphatic heterocycles. The first-order valence-electron chi connectivity index (χ1n) is 6.62. The molecule has 0 radical (unpaired) electrons. The fourth-order valence-corrected chi connectivity index (χ4v) is 2.33. The van der Waals surface area contributed by atoms with Crippen molar-refractivity contribution in [1.29, 1.82) is 0 Å². The van der Waals surface area contributed by atoms with Gasteiger partial charge in [0.25, 0.3) is 0 Å². The zero-order valence-corrected chi connectivity index (χ0v) is 13.5. The summed E-state index contributed by atoms with van der Waals surface area (Å²) in [6.07, 6.45) is 0. The first-order valence-corrected chi connectivity index (χ1v) is 7.38. The summed E-state index contributed by atoms with van der Waals surface area (Å²) >= 11 is 12.2. The minimum Gasteiger partial charge on any atom is -0.462 e. The largest absolute Gasteiger partial charge is 0.462 e. The number of carbonyl (C=O) groups excluding carboxylic acids is 2. The molecule has 0 fully saturated rings. The summed E-state index contributed by atoms with van der Waals surface area (Å²) in [6, 6.07) is 4.60. The predicted octanol–water partition coefficient (Wildman–Crippen LogP) is 3.90. The molecule has 2 aromatic rings. The average Bonchev–Trinajstić information content (AvgIpc) is 2.50. The Morgan fingerprint density at radius 1 is 1.05 bits per heavy atom. The van der Waals surface area contributed by atoms with Gasteiger partial charge in [-0.25, -0.2) is 14.6 Å². The molecule has 2 rings (SSSR count). The van der Waals surface area contributed by atoms with Crippen LogP contribution in [0.4, 0.5) is 0 Å². The van der Waals surface area contributed by atoms with Gasteiger partial charge in [0.05, 0.1) is 34.3 Å². The third kappa shape index (κ3) is 3.15. The van der Waals surface area contributed by atoms with Crippen LogP contribution in [0, 0.1) is 0 Å². The smallest absolute Gasteiger partial charge is 0.357 e. The van der Waals surface area contributed by atoms with Crippen LogP contribution in [-0.2, 0) is 9.47 Å². The molecular formula is C15H13Cl2NO4. The molecule has 0 spiro atoms. The highest BCUT2D eigenvalue weighted by Gasteiger charge is 2.23. The molecule has 0 aliphatic carbocycles. The maximum Gasteiger partial charge on any atom is 0.357 e. The van der Waals surface area contributed by atoms with Crippen LogP contribution in [0.25, 0.3) is 10.9 Å². The Balaban J connectivity index is 2.73. The van der Waals surface area contributed by atoms with E-state index in [9.17, 15) is 9.59 Å². The highest BCUT2D eigenvalue weighted by atomic mass is 35.5. The van der Waals surface area contributed by atoms with Crippen molar-refractivity contribution in [3.8, 4) is 0 Å². The number of aromatic nitrogens is 1. The SMILES string of the molecule is CCOC(=O)c1cc2c(Cl)ccc(Cl)c2nc1C(=O)OCC. The summed E-state index contributed by atoms with van der Waals surface area (Å²) in [7, 11) is 0. The Bertz CT molecular complexity index is 683. The summed E-state index contributed by atoms with van der Waals surface area (Å²) in [5, 5.41) is 1.15. The molecule has 1 aromatic heterocycles. The van der Waals surface area contributed by atoms with Crippen LogP contribution in [0.3, 0.4) is 0 Å². The van der Waals surface area contributed by atoms with Crippen LogP contribution in [0.5, 0.6) is 0 Å². The maximum absolute atomic E-state index is 12.1. The summed E-state index contributed by atoms with van der Waals surface area (Å²) < 4.78 is 9.88. The summed E-state index contributed by atoms with van der Waals surface area (Å²) in [4.78, 5) is 28.3. The Morgan fingerprint density at radius 3 is 2.27 bits per heavy atom. The number of hydrogen-bond donors (Lipinski definition) is 0. The molecular weight excluding hydrogens is 329 g/mol. The lowest BCUT2D eigenvalue weighted by Crippen LogP contribution is -2.16. The number of rotatable bonds is 4. The predicted molar refractivity (Wildman–Crippen MR) is 83.7 cm³/mol. The average molecular weight is 342 g/mol. The van der Waals surface area contributed by atoms with Crippen LogP contribution in [-0.4, -0.2) is 30.1 Å². The zero-order valence-electron chi connectivity index (χ0n) is 12.0. The Morgan fingerprint density at radius 2 is 1.64 bits per heavy atom. The third-order valence-electron chi connectivity index (χ3n) is 2.85. The Labute approximate surface area is 137 Å². The first kappa shape index (κ1) is 16.5. The molecule has 0 amide bonds. The molecule has 0 atom stereocenters. The molecule has 0 unspecified atom stereocenters. The topological polar surface area (TPSA) is 65.5 Å². The van der Waals surface area contributed by atoms with E-state index in [2.05, 4.69) is 4.98 Å². The molecule has 0 aliphatic rings. The number of ether oxygens (including phenoxy) is 2. The number of halogens is 2. The van der Waals surface area contributed by atoms with Gasteiger partial charge in [-0.1, -0.05) is 23.2 Å². The van der Waals surface area contributed by atoms with Crippen molar-refractivity contribution < 1.29 is 19.1 Å². The number of esters is 2. The van der Waals surface area contributed by atoms with Gasteiger partial charge < -0.3 is 9.47 Å². The van der Waals surface area contributed by atoms with Crippen LogP contribution in [0.1, 0.15) is 34.7 Å². The molecule has 5 nitrogen and oxygen atoms in total. The summed E-state index contributed by atoms with van der Waals surface area (Å²) in [5.74, 6) is -1.39. The second-order valence-corrected chi connectivity index (χ2v) is 5.07. The number of nitrogens with zero attached hydrogens (tertiary/aromatic N) is 1. The molecule has 0 bridgehead atoms. The van der Waals surface area contributed by atoms with Gasteiger partial charge in [-0.3, -0.25) is 0 Å². The molecule has 116 valence electrons. The summed E-state index contributed by atoms with van der Waals surface area (Å²) in [5.41, 5.74) is 0.180. The van der Waals surface area contributed by atoms with Crippen molar-refractivity contribution >= 4 is 46.0 Å². The second-order valence-electron chi connectivity index (χ2n) is 4.25. The lowest BCUT2D eigenvalue weighted by molar-refractivity contribution is 0.0474. The summed E-state index contributed by atoms with van der Waals surface area (Å²) in [6.45, 7) is 3.65. The number of benzene rings is 1. The van der Waals surface area contributed by atoms with Gasteiger partial charge in [0.2, 0.25) is 0 Å². The minimum absolute atomic E-state index is 0.00281. The third-order valence-corrected chi connectivity index (χ3v) is 3.48. The Hall–Kier alpha value is -1.85. The van der Waals surface area contributed by atoms with Crippen molar-refractivity contribution in [2.24, 2.45) is 0 Å². The standard InChI is InChI=1S/C15H13Cl2NO4/c1-3-21-14(19)9-7-8-10(16)5-6-11(17)12(8)18-13(9)15(20)22-4-2/h5-7H,3-4H2,1-2H3. The van der Waals surface area contributed by atoms with Crippen molar-refractivity contribution in [3.63, 3.8) is 0 Å². The number of carbonyl (C=O) groups is 2. The van der Waals surface area contributed by atoms with E-state index in [-0.39, 0.29) is 24.5 Å². The fourth-order valence-electron chi connectivity index (χ4n) is 1.91. The van der Waals surface area contributed by atoms with Crippen molar-refractivity contribution in [2.75, 3.05) is 13.2 Å². The number of pyridine rings is 1. The van der Waals surface area contributed by atoms with Gasteiger partial charge in [0, 0.05) is 5.39 Å². The zero-order chi connectivity index (χ0) is 16.3. The van der Waals surface area contributed by atoms with E-state index in [1.807, 2.05) is 0 Å². The van der Waals surface area contributed by atoms with E-state index in [4.69, 9.17) is 32.7 Å². The van der Waals surface area contributed by atoms with Crippen LogP contribution in [0.15, 0.2) is 18.2 Å². The highest BCUT2D eigenvalue weighted by molar-refractivity contribution is 6.40. The Kier molecular flexibility index (Phi) is 5.21. The van der Waals surface area contributed by atoms with Crippen molar-refractivity contribution in [1.82, 2.24) is 4.98 Å². The maximum atomic E-state index is 12.1. The van der Waals surface area contributed by atoms with E-state index in [1.165, 1.54) is 6.07 Å². The van der Waals surface area contributed by atoms with Crippen molar-refractivity contribution in [2.45, 2.75) is 13.8 Å². The van der Waals surface area contributed by atoms with E-state index in [1.54, 1.807) is 26.0 Å². The van der Waals surface area contributed by atoms with E-state index >= 15 is 0 Å². The van der Waals surface area contributed by atoms with E-state index in [0.29, 0.717) is 20.9 Å². The minimum atomic E-state index is -0.719. The van der Waals surface area contributed by atoms with Crippen LogP contribution < -0.4 is 0 Å². The number of hydrogen-bond acceptors (Lipinski definition) is 5. The normalized spacial score (nSPS) is 10.5. The monoisotopic (exact) mass is 341 g/mol. The van der Waals surface area contributed by atoms with Gasteiger partial charge in [0.15, 0.2) is 5.69 Å². The van der Waals surface area contributed by atoms with Crippen molar-refractivity contribution in [3.05, 3.63) is 39.5 Å². The van der Waals surface area contributed by atoms with Gasteiger partial charge in [-0.15, -0.1) is 0 Å². The number of fused-ring (bicyclic) bond motifs is 1. The lowest BCUT2D eigenvalue weighted by atomic mass is 10.1. The van der Waals surface area contributed by atoms with Gasteiger partial charge in [-0.05, 0) is 32.0 Å². The molecule has 0 saturated heterocycles. The van der Waals surface area contributed by atoms with E-state index in [0.717, 1.165) is 0 Å². The highest BCUT2D eigenvalue weighted by Crippen LogP contribution is 2.30. The quantitative estimate of drug-likeness (QED) is 0.789. The van der Waals surface area contributed by atoms with Crippen LogP contribution in [0.2, 0.25) is 10.0 Å². The molecule has 22 heavy (non-hydrogen) atoms. The molecule has 0 saturated carbocycles. The molecule has 1 heterocycles. The fraction of sp³-hybridized carbons (Fsp3) is 0.267. The van der Waals surface area contributed by atoms with Gasteiger partial charge in [0.1, 0.15) is 0 Å². The molecule has 1 aromatic carbocycles. The van der Waals surface area contributed by atoms with Gasteiger partial charge in [-0.2, -0.15) is 0 Å². The van der Waals surface area contributed by atoms with Gasteiger partial charge >= 0.3 is 11.9 Å². The molecule has 0 N–H and O–H groups in total.